The molecule has 39 heavy (non-hydrogen) atoms. The molecule has 1 N–H and O–H groups in total. The fourth-order valence-corrected chi connectivity index (χ4v) is 4.09. The van der Waals surface area contributed by atoms with Gasteiger partial charge in [-0.3, -0.25) is 14.9 Å². The van der Waals surface area contributed by atoms with Crippen LogP contribution in [-0.2, 0) is 16.2 Å². The summed E-state index contributed by atoms with van der Waals surface area (Å²) in [4.78, 5) is 39.4. The molecule has 3 aromatic rings. The number of carbonyl (C=O) groups excluding carboxylic acids is 3. The second-order valence-corrected chi connectivity index (χ2v) is 9.62. The molecule has 1 fully saturated rings. The number of anilines is 1. The topological polar surface area (TPSA) is 94.2 Å². The van der Waals surface area contributed by atoms with Crippen molar-refractivity contribution in [1.29, 1.82) is 0 Å². The van der Waals surface area contributed by atoms with Gasteiger partial charge >= 0.3 is 6.03 Å². The lowest BCUT2D eigenvalue weighted by Gasteiger charge is -2.26. The molecule has 4 rings (SSSR count). The first-order valence-electron chi connectivity index (χ1n) is 12.7. The highest BCUT2D eigenvalue weighted by molar-refractivity contribution is 9.10. The zero-order chi connectivity index (χ0) is 27.8. The predicted octanol–water partition coefficient (Wildman–Crippen LogP) is 6.27. The first-order valence-corrected chi connectivity index (χ1v) is 13.5. The molecule has 8 nitrogen and oxygen atoms in total. The lowest BCUT2D eigenvalue weighted by molar-refractivity contribution is -0.122. The largest absolute Gasteiger partial charge is 0.494 e. The molecule has 0 aliphatic carbocycles. The number of rotatable bonds is 11. The Bertz CT molecular complexity index is 1370. The molecule has 0 spiro atoms. The van der Waals surface area contributed by atoms with E-state index in [0.717, 1.165) is 27.8 Å². The number of nitrogens with zero attached hydrogens (tertiary/aromatic N) is 1. The minimum Gasteiger partial charge on any atom is -0.494 e. The maximum atomic E-state index is 13.3. The number of amides is 4. The number of ether oxygens (including phenoxy) is 3. The van der Waals surface area contributed by atoms with E-state index in [1.54, 1.807) is 42.5 Å². The van der Waals surface area contributed by atoms with Crippen LogP contribution in [0.1, 0.15) is 37.8 Å². The quantitative estimate of drug-likeness (QED) is 0.160. The third-order valence-corrected chi connectivity index (χ3v) is 6.38. The van der Waals surface area contributed by atoms with Crippen molar-refractivity contribution in [1.82, 2.24) is 5.32 Å². The highest BCUT2D eigenvalue weighted by Crippen LogP contribution is 2.31. The third kappa shape index (κ3) is 7.06. The Kier molecular flexibility index (Phi) is 9.38. The summed E-state index contributed by atoms with van der Waals surface area (Å²) in [7, 11) is 0. The van der Waals surface area contributed by atoms with Gasteiger partial charge in [-0.05, 0) is 79.1 Å². The van der Waals surface area contributed by atoms with Crippen LogP contribution in [0.3, 0.4) is 0 Å². The van der Waals surface area contributed by atoms with Gasteiger partial charge in [0.15, 0.2) is 11.5 Å². The Morgan fingerprint density at radius 2 is 1.62 bits per heavy atom. The molecule has 3 aromatic carbocycles. The second kappa shape index (κ2) is 13.1. The minimum atomic E-state index is -0.812. The molecule has 9 heteroatoms. The van der Waals surface area contributed by atoms with E-state index in [-0.39, 0.29) is 5.57 Å². The second-order valence-electron chi connectivity index (χ2n) is 8.71. The molecule has 1 heterocycles. The van der Waals surface area contributed by atoms with E-state index in [1.807, 2.05) is 31.2 Å². The van der Waals surface area contributed by atoms with Crippen molar-refractivity contribution in [3.63, 3.8) is 0 Å². The van der Waals surface area contributed by atoms with Crippen molar-refractivity contribution in [2.75, 3.05) is 18.1 Å². The first kappa shape index (κ1) is 27.9. The fraction of sp³-hybridized carbons (Fsp3) is 0.233. The number of urea groups is 1. The van der Waals surface area contributed by atoms with Crippen molar-refractivity contribution >= 4 is 45.5 Å². The van der Waals surface area contributed by atoms with Crippen molar-refractivity contribution in [3.05, 3.63) is 87.9 Å². The number of imide groups is 2. The number of hydrogen-bond acceptors (Lipinski definition) is 6. The standard InChI is InChI=1S/C30H29BrN2O6/c1-3-5-16-38-24-13-11-23(12-14-24)33-29(35)25(28(34)32-30(33)36)17-21-8-15-26(27(18-21)37-4-2)39-19-20-6-9-22(31)10-7-20/h6-15,17-18H,3-5,16,19H2,1-2H3,(H,32,34,36)/b25-17-. The van der Waals surface area contributed by atoms with Crippen LogP contribution >= 0.6 is 15.9 Å². The molecule has 1 aliphatic heterocycles. The number of barbiturate groups is 1. The van der Waals surface area contributed by atoms with Gasteiger partial charge in [-0.1, -0.05) is 47.5 Å². The zero-order valence-electron chi connectivity index (χ0n) is 21.7. The molecule has 0 bridgehead atoms. The minimum absolute atomic E-state index is 0.177. The maximum Gasteiger partial charge on any atom is 0.335 e. The molecular formula is C30H29BrN2O6. The molecule has 202 valence electrons. The molecule has 0 radical (unpaired) electrons. The number of nitrogens with one attached hydrogen (secondary N) is 1. The van der Waals surface area contributed by atoms with Gasteiger partial charge in [-0.15, -0.1) is 0 Å². The Balaban J connectivity index is 1.54. The van der Waals surface area contributed by atoms with E-state index >= 15 is 0 Å². The van der Waals surface area contributed by atoms with Crippen LogP contribution in [0.2, 0.25) is 0 Å². The summed E-state index contributed by atoms with van der Waals surface area (Å²) in [6.07, 6.45) is 3.37. The van der Waals surface area contributed by atoms with Crippen LogP contribution in [0, 0.1) is 0 Å². The van der Waals surface area contributed by atoms with E-state index in [9.17, 15) is 14.4 Å². The van der Waals surface area contributed by atoms with Crippen LogP contribution in [0.25, 0.3) is 6.08 Å². The molecule has 0 atom stereocenters. The molecule has 4 amide bonds. The number of unbranched alkanes of at least 4 members (excludes halogenated alkanes) is 1. The summed E-state index contributed by atoms with van der Waals surface area (Å²) in [5.74, 6) is 0.139. The number of halogens is 1. The molecule has 1 saturated heterocycles. The molecular weight excluding hydrogens is 564 g/mol. The van der Waals surface area contributed by atoms with Gasteiger partial charge in [0.05, 0.1) is 18.9 Å². The first-order chi connectivity index (χ1) is 18.9. The van der Waals surface area contributed by atoms with Crippen LogP contribution in [-0.4, -0.2) is 31.1 Å². The monoisotopic (exact) mass is 592 g/mol. The van der Waals surface area contributed by atoms with Gasteiger partial charge in [0.2, 0.25) is 0 Å². The molecule has 0 saturated carbocycles. The lowest BCUT2D eigenvalue weighted by Crippen LogP contribution is -2.54. The Morgan fingerprint density at radius 3 is 2.31 bits per heavy atom. The molecule has 1 aliphatic rings. The smallest absolute Gasteiger partial charge is 0.335 e. The maximum absolute atomic E-state index is 13.3. The van der Waals surface area contributed by atoms with Crippen LogP contribution in [0.4, 0.5) is 10.5 Å². The van der Waals surface area contributed by atoms with Gasteiger partial charge in [0.1, 0.15) is 17.9 Å². The highest BCUT2D eigenvalue weighted by Gasteiger charge is 2.36. The predicted molar refractivity (Wildman–Crippen MR) is 152 cm³/mol. The fourth-order valence-electron chi connectivity index (χ4n) is 3.83. The number of carbonyl (C=O) groups is 3. The van der Waals surface area contributed by atoms with E-state index < -0.39 is 17.8 Å². The van der Waals surface area contributed by atoms with E-state index in [2.05, 4.69) is 28.2 Å². The summed E-state index contributed by atoms with van der Waals surface area (Å²) in [6.45, 7) is 5.25. The van der Waals surface area contributed by atoms with Crippen molar-refractivity contribution in [3.8, 4) is 17.2 Å². The van der Waals surface area contributed by atoms with Crippen molar-refractivity contribution in [2.24, 2.45) is 0 Å². The summed E-state index contributed by atoms with van der Waals surface area (Å²) in [5, 5.41) is 2.25. The van der Waals surface area contributed by atoms with E-state index in [1.165, 1.54) is 6.08 Å². The number of benzene rings is 3. The number of hydrogen-bond donors (Lipinski definition) is 1. The van der Waals surface area contributed by atoms with Crippen LogP contribution < -0.4 is 24.4 Å². The Labute approximate surface area is 235 Å². The summed E-state index contributed by atoms with van der Waals surface area (Å²) >= 11 is 3.42. The van der Waals surface area contributed by atoms with Gasteiger partial charge < -0.3 is 14.2 Å². The lowest BCUT2D eigenvalue weighted by atomic mass is 10.1. The van der Waals surface area contributed by atoms with Crippen LogP contribution in [0.15, 0.2) is 76.8 Å². The average Bonchev–Trinajstić information content (AvgIpc) is 2.92. The average molecular weight is 593 g/mol. The van der Waals surface area contributed by atoms with Gasteiger partial charge in [0.25, 0.3) is 11.8 Å². The normalized spacial score (nSPS) is 14.4. The van der Waals surface area contributed by atoms with E-state index in [0.29, 0.717) is 48.3 Å². The highest BCUT2D eigenvalue weighted by atomic mass is 79.9. The summed E-state index contributed by atoms with van der Waals surface area (Å²) < 4.78 is 18.4. The zero-order valence-corrected chi connectivity index (χ0v) is 23.3. The van der Waals surface area contributed by atoms with Gasteiger partial charge in [0, 0.05) is 4.47 Å². The molecule has 0 unspecified atom stereocenters. The Hall–Kier alpha value is -4.11. The summed E-state index contributed by atoms with van der Waals surface area (Å²) in [6, 6.07) is 18.7. The van der Waals surface area contributed by atoms with E-state index in [4.69, 9.17) is 14.2 Å². The SMILES string of the molecule is CCCCOc1ccc(N2C(=O)NC(=O)/C(=C/c3ccc(OCc4ccc(Br)cc4)c(OCC)c3)C2=O)cc1. The Morgan fingerprint density at radius 1 is 0.872 bits per heavy atom. The van der Waals surface area contributed by atoms with Gasteiger partial charge in [-0.25, -0.2) is 9.69 Å². The van der Waals surface area contributed by atoms with Crippen molar-refractivity contribution < 1.29 is 28.6 Å². The van der Waals surface area contributed by atoms with Crippen molar-refractivity contribution in [2.45, 2.75) is 33.3 Å². The van der Waals surface area contributed by atoms with Crippen LogP contribution in [0.5, 0.6) is 17.2 Å². The molecule has 0 aromatic heterocycles. The third-order valence-electron chi connectivity index (χ3n) is 5.85. The summed E-state index contributed by atoms with van der Waals surface area (Å²) in [5.41, 5.74) is 1.68. The van der Waals surface area contributed by atoms with Gasteiger partial charge in [-0.2, -0.15) is 0 Å².